The van der Waals surface area contributed by atoms with Gasteiger partial charge in [-0.1, -0.05) is 31.2 Å². The molecule has 4 aliphatic rings. The van der Waals surface area contributed by atoms with Gasteiger partial charge in [-0.3, -0.25) is 9.69 Å². The zero-order chi connectivity index (χ0) is 25.8. The molecular formula is C30H38F2N4O. The number of nitrogens with two attached hydrogens (primary N) is 1. The Labute approximate surface area is 218 Å². The van der Waals surface area contributed by atoms with Gasteiger partial charge in [-0.15, -0.1) is 0 Å². The van der Waals surface area contributed by atoms with Crippen molar-refractivity contribution in [3.63, 3.8) is 0 Å². The van der Waals surface area contributed by atoms with Crippen molar-refractivity contribution in [3.8, 4) is 11.1 Å². The fraction of sp³-hybridized carbons (Fsp3) is 0.600. The zero-order valence-corrected chi connectivity index (χ0v) is 21.7. The number of carbonyl (C=O) groups is 1. The van der Waals surface area contributed by atoms with Crippen LogP contribution in [-0.4, -0.2) is 46.9 Å². The smallest absolute Gasteiger partial charge is 0.255 e. The highest BCUT2D eigenvalue weighted by Crippen LogP contribution is 2.60. The summed E-state index contributed by atoms with van der Waals surface area (Å²) in [5, 5.41) is 3.16. The molecule has 3 saturated carbocycles. The van der Waals surface area contributed by atoms with Crippen LogP contribution in [0.1, 0.15) is 80.6 Å². The molecule has 3 aliphatic carbocycles. The molecule has 0 bridgehead atoms. The van der Waals surface area contributed by atoms with E-state index in [1.54, 1.807) is 6.20 Å². The largest absolute Gasteiger partial charge is 0.383 e. The van der Waals surface area contributed by atoms with E-state index in [2.05, 4.69) is 46.4 Å². The lowest BCUT2D eigenvalue weighted by molar-refractivity contribution is -0.0526. The lowest BCUT2D eigenvalue weighted by Gasteiger charge is -2.36. The maximum absolute atomic E-state index is 13.6. The Morgan fingerprint density at radius 1 is 1.05 bits per heavy atom. The minimum Gasteiger partial charge on any atom is -0.383 e. The Bertz CT molecular complexity index is 1150. The second-order valence-electron chi connectivity index (χ2n) is 12.2. The van der Waals surface area contributed by atoms with Crippen molar-refractivity contribution in [2.75, 3.05) is 18.8 Å². The second kappa shape index (κ2) is 9.33. The van der Waals surface area contributed by atoms with Gasteiger partial charge < -0.3 is 11.1 Å². The van der Waals surface area contributed by atoms with Crippen LogP contribution in [0.3, 0.4) is 0 Å². The van der Waals surface area contributed by atoms with E-state index >= 15 is 0 Å². The molecule has 1 aromatic heterocycles. The SMILES string of the molecule is CC1CCC(NC(=O)c2cc(-c3ccc([C@]45CC4CN(C4CCC(F)(F)CC4)C5)cc3)cnc2N)CC1. The highest BCUT2D eigenvalue weighted by atomic mass is 19.3. The van der Waals surface area contributed by atoms with E-state index in [-0.39, 0.29) is 36.0 Å². The normalized spacial score (nSPS) is 31.6. The first-order chi connectivity index (χ1) is 17.7. The van der Waals surface area contributed by atoms with Gasteiger partial charge in [0.25, 0.3) is 5.91 Å². The number of rotatable bonds is 5. The molecule has 198 valence electrons. The Morgan fingerprint density at radius 2 is 1.76 bits per heavy atom. The van der Waals surface area contributed by atoms with Crippen LogP contribution >= 0.6 is 0 Å². The van der Waals surface area contributed by atoms with Crippen molar-refractivity contribution in [2.24, 2.45) is 11.8 Å². The summed E-state index contributed by atoms with van der Waals surface area (Å²) in [6, 6.07) is 11.0. The molecule has 1 amide bonds. The van der Waals surface area contributed by atoms with E-state index < -0.39 is 5.92 Å². The summed E-state index contributed by atoms with van der Waals surface area (Å²) in [6.07, 6.45) is 8.47. The number of hydrogen-bond donors (Lipinski definition) is 2. The Morgan fingerprint density at radius 3 is 2.46 bits per heavy atom. The van der Waals surface area contributed by atoms with E-state index in [1.165, 1.54) is 12.0 Å². The van der Waals surface area contributed by atoms with Gasteiger partial charge in [0.05, 0.1) is 5.56 Å². The minimum atomic E-state index is -2.47. The van der Waals surface area contributed by atoms with E-state index in [0.29, 0.717) is 30.4 Å². The maximum atomic E-state index is 13.6. The van der Waals surface area contributed by atoms with Gasteiger partial charge in [-0.25, -0.2) is 13.8 Å². The summed E-state index contributed by atoms with van der Waals surface area (Å²) in [5.41, 5.74) is 9.92. The van der Waals surface area contributed by atoms with Crippen molar-refractivity contribution in [3.05, 3.63) is 47.7 Å². The number of benzene rings is 1. The van der Waals surface area contributed by atoms with Crippen molar-refractivity contribution in [1.29, 1.82) is 0 Å². The number of fused-ring (bicyclic) bond motifs is 1. The quantitative estimate of drug-likeness (QED) is 0.536. The molecular weight excluding hydrogens is 470 g/mol. The first-order valence-electron chi connectivity index (χ1n) is 14.0. The molecule has 2 aromatic rings. The number of amides is 1. The van der Waals surface area contributed by atoms with Gasteiger partial charge in [-0.05, 0) is 74.0 Å². The number of likely N-dealkylation sites (tertiary alicyclic amines) is 1. The lowest BCUT2D eigenvalue weighted by atomic mass is 9.87. The summed E-state index contributed by atoms with van der Waals surface area (Å²) >= 11 is 0. The standard InChI is InChI=1S/C30H38F2N4O/c1-19-2-8-24(9-3-19)35-28(37)26-14-21(16-34-27(26)33)20-4-6-22(7-5-20)29-15-23(29)17-36(18-29)25-10-12-30(31,32)13-11-25/h4-7,14,16,19,23-25H,2-3,8-13,15,17-18H2,1H3,(H2,33,34)(H,35,37)/t19?,23?,24?,29-/m1/s1. The van der Waals surface area contributed by atoms with Crippen LogP contribution in [-0.2, 0) is 5.41 Å². The molecule has 2 atom stereocenters. The van der Waals surface area contributed by atoms with Crippen LogP contribution in [0.5, 0.6) is 0 Å². The Kier molecular flexibility index (Phi) is 6.25. The van der Waals surface area contributed by atoms with Gasteiger partial charge in [0.1, 0.15) is 5.82 Å². The van der Waals surface area contributed by atoms with Crippen LogP contribution in [0.4, 0.5) is 14.6 Å². The van der Waals surface area contributed by atoms with Crippen LogP contribution in [0.25, 0.3) is 11.1 Å². The third kappa shape index (κ3) is 4.87. The lowest BCUT2D eigenvalue weighted by Crippen LogP contribution is -2.41. The van der Waals surface area contributed by atoms with Crippen molar-refractivity contribution < 1.29 is 13.6 Å². The summed E-state index contributed by atoms with van der Waals surface area (Å²) < 4.78 is 27.3. The van der Waals surface area contributed by atoms with E-state index in [1.807, 2.05) is 6.07 Å². The van der Waals surface area contributed by atoms with Gasteiger partial charge in [0.15, 0.2) is 0 Å². The molecule has 0 spiro atoms. The topological polar surface area (TPSA) is 71.2 Å². The van der Waals surface area contributed by atoms with Crippen LogP contribution in [0.2, 0.25) is 0 Å². The fourth-order valence-corrected chi connectivity index (χ4v) is 7.11. The number of anilines is 1. The molecule has 5 nitrogen and oxygen atoms in total. The fourth-order valence-electron chi connectivity index (χ4n) is 7.11. The molecule has 6 rings (SSSR count). The molecule has 1 saturated heterocycles. The minimum absolute atomic E-state index is 0.0238. The van der Waals surface area contributed by atoms with Crippen molar-refractivity contribution in [1.82, 2.24) is 15.2 Å². The molecule has 1 aliphatic heterocycles. The number of halogens is 2. The summed E-state index contributed by atoms with van der Waals surface area (Å²) in [7, 11) is 0. The maximum Gasteiger partial charge on any atom is 0.255 e. The molecule has 37 heavy (non-hydrogen) atoms. The molecule has 1 unspecified atom stereocenters. The number of hydrogen-bond acceptors (Lipinski definition) is 4. The molecule has 1 aromatic carbocycles. The third-order valence-electron chi connectivity index (χ3n) is 9.68. The van der Waals surface area contributed by atoms with E-state index in [9.17, 15) is 13.6 Å². The number of nitrogens with one attached hydrogen (secondary N) is 1. The van der Waals surface area contributed by atoms with Gasteiger partial charge in [-0.2, -0.15) is 0 Å². The van der Waals surface area contributed by atoms with Gasteiger partial charge >= 0.3 is 0 Å². The predicted octanol–water partition coefficient (Wildman–Crippen LogP) is 5.79. The number of carbonyl (C=O) groups excluding carboxylic acids is 1. The molecule has 4 fully saturated rings. The molecule has 0 radical (unpaired) electrons. The predicted molar refractivity (Wildman–Crippen MR) is 142 cm³/mol. The second-order valence-corrected chi connectivity index (χ2v) is 12.2. The van der Waals surface area contributed by atoms with Gasteiger partial charge in [0, 0.05) is 55.2 Å². The monoisotopic (exact) mass is 508 g/mol. The van der Waals surface area contributed by atoms with Crippen LogP contribution < -0.4 is 11.1 Å². The highest BCUT2D eigenvalue weighted by Gasteiger charge is 2.61. The molecule has 3 N–H and O–H groups in total. The number of piperidine rings is 1. The first-order valence-corrected chi connectivity index (χ1v) is 14.0. The average Bonchev–Trinajstić information content (AvgIpc) is 3.46. The average molecular weight is 509 g/mol. The number of alkyl halides is 2. The van der Waals surface area contributed by atoms with Crippen molar-refractivity contribution in [2.45, 2.75) is 88.1 Å². The van der Waals surface area contributed by atoms with Gasteiger partial charge in [0.2, 0.25) is 5.92 Å². The summed E-state index contributed by atoms with van der Waals surface area (Å²) in [6.45, 7) is 4.26. The van der Waals surface area contributed by atoms with Crippen LogP contribution in [0, 0.1) is 11.8 Å². The first kappa shape index (κ1) is 24.8. The molecule has 7 heteroatoms. The summed E-state index contributed by atoms with van der Waals surface area (Å²) in [5.74, 6) is -1.01. The number of nitrogens with zero attached hydrogens (tertiary/aromatic N) is 2. The zero-order valence-electron chi connectivity index (χ0n) is 21.7. The number of nitrogen functional groups attached to an aromatic ring is 1. The Hall–Kier alpha value is -2.54. The van der Waals surface area contributed by atoms with E-state index in [4.69, 9.17) is 5.73 Å². The summed E-state index contributed by atoms with van der Waals surface area (Å²) in [4.78, 5) is 19.8. The third-order valence-corrected chi connectivity index (χ3v) is 9.68. The van der Waals surface area contributed by atoms with E-state index in [0.717, 1.165) is 55.8 Å². The number of pyridine rings is 1. The molecule has 2 heterocycles. The van der Waals surface area contributed by atoms with Crippen LogP contribution in [0.15, 0.2) is 36.5 Å². The highest BCUT2D eigenvalue weighted by molar-refractivity contribution is 5.99. The number of aromatic nitrogens is 1. The Balaban J connectivity index is 1.13. The van der Waals surface area contributed by atoms with Crippen molar-refractivity contribution >= 4 is 11.7 Å².